The Kier molecular flexibility index (Phi) is 26.4. The van der Waals surface area contributed by atoms with Crippen molar-refractivity contribution in [2.45, 2.75) is 311 Å². The Morgan fingerprint density at radius 1 is 0.211 bits per heavy atom. The molecule has 0 atom stereocenters. The van der Waals surface area contributed by atoms with Crippen LogP contribution in [0.1, 0.15) is 336 Å². The highest BCUT2D eigenvalue weighted by molar-refractivity contribution is 5.61. The molecule has 0 bridgehead atoms. The third kappa shape index (κ3) is 16.5. The van der Waals surface area contributed by atoms with Crippen LogP contribution in [0.15, 0.2) is 152 Å². The predicted octanol–water partition coefficient (Wildman–Crippen LogP) is 23.9. The van der Waals surface area contributed by atoms with Gasteiger partial charge >= 0.3 is 0 Å². The molecule has 5 heterocycles. The van der Waals surface area contributed by atoms with Crippen molar-refractivity contribution in [3.05, 3.63) is 260 Å². The highest BCUT2D eigenvalue weighted by atomic mass is 15.2. The molecular formula is C104H141N10+5. The average Bonchev–Trinajstić information content (AvgIpc) is 1.64. The molecule has 0 unspecified atom stereocenters. The summed E-state index contributed by atoms with van der Waals surface area (Å²) in [4.78, 5) is 0. The molecule has 7 saturated carbocycles. The second-order valence-corrected chi connectivity index (χ2v) is 36.0. The first-order valence-corrected chi connectivity index (χ1v) is 45.1. The van der Waals surface area contributed by atoms with Gasteiger partial charge in [0.15, 0.2) is 11.4 Å². The highest BCUT2D eigenvalue weighted by Crippen LogP contribution is 2.44. The van der Waals surface area contributed by atoms with E-state index in [1.807, 2.05) is 0 Å². The molecule has 18 rings (SSSR count). The van der Waals surface area contributed by atoms with E-state index in [1.54, 1.807) is 23.0 Å². The highest BCUT2D eigenvalue weighted by Gasteiger charge is 2.43. The Bertz CT molecular complexity index is 4980. The Labute approximate surface area is 687 Å². The number of hydrogen-bond donors (Lipinski definition) is 0. The number of hydrogen-bond acceptors (Lipinski definition) is 0. The largest absolute Gasteiger partial charge is 0.265 e. The summed E-state index contributed by atoms with van der Waals surface area (Å²) in [5.74, 6) is 12.6. The summed E-state index contributed by atoms with van der Waals surface area (Å²) in [5, 5.41) is 0. The van der Waals surface area contributed by atoms with Gasteiger partial charge < -0.3 is 0 Å². The minimum absolute atomic E-state index is 0.653. The van der Waals surface area contributed by atoms with Crippen LogP contribution in [0.4, 0.5) is 0 Å². The zero-order valence-electron chi connectivity index (χ0n) is 73.5. The molecule has 0 saturated heterocycles. The van der Waals surface area contributed by atoms with Gasteiger partial charge in [-0.1, -0.05) is 218 Å². The molecule has 10 heteroatoms. The Morgan fingerprint density at radius 3 is 0.693 bits per heavy atom. The number of aromatic nitrogens is 10. The van der Waals surface area contributed by atoms with E-state index in [1.165, 1.54) is 311 Å². The van der Waals surface area contributed by atoms with Gasteiger partial charge in [0, 0.05) is 65.9 Å². The predicted molar refractivity (Wildman–Crippen MR) is 470 cm³/mol. The van der Waals surface area contributed by atoms with Crippen molar-refractivity contribution in [1.82, 2.24) is 22.8 Å². The van der Waals surface area contributed by atoms with Crippen molar-refractivity contribution in [3.8, 4) is 39.7 Å². The van der Waals surface area contributed by atoms with Gasteiger partial charge in [-0.2, -0.15) is 22.8 Å². The van der Waals surface area contributed by atoms with Crippen LogP contribution in [-0.2, 0) is 35.2 Å². The van der Waals surface area contributed by atoms with Crippen LogP contribution < -0.4 is 22.8 Å². The summed E-state index contributed by atoms with van der Waals surface area (Å²) in [7, 11) is 11.4. The lowest BCUT2D eigenvalue weighted by Crippen LogP contribution is -2.39. The smallest absolute Gasteiger partial charge is 0.234 e. The second kappa shape index (κ2) is 36.7. The molecule has 0 N–H and O–H groups in total. The quantitative estimate of drug-likeness (QED) is 0.103. The monoisotopic (exact) mass is 1530 g/mol. The van der Waals surface area contributed by atoms with Gasteiger partial charge in [-0.15, -0.1) is 0 Å². The van der Waals surface area contributed by atoms with Crippen LogP contribution >= 0.6 is 0 Å². The lowest BCUT2D eigenvalue weighted by atomic mass is 9.86. The molecule has 6 aromatic carbocycles. The molecule has 602 valence electrons. The number of aryl methyl sites for hydroxylation is 5. The van der Waals surface area contributed by atoms with Crippen molar-refractivity contribution < 1.29 is 22.8 Å². The molecule has 0 radical (unpaired) electrons. The Hall–Kier alpha value is -8.63. The topological polar surface area (TPSA) is 44.0 Å². The molecule has 7 fully saturated rings. The summed E-state index contributed by atoms with van der Waals surface area (Å²) < 4.78 is 25.2. The van der Waals surface area contributed by atoms with Crippen LogP contribution in [0, 0.1) is 83.1 Å². The molecule has 7 aliphatic carbocycles. The molecule has 5 aromatic heterocycles. The molecule has 10 nitrogen and oxygen atoms in total. The van der Waals surface area contributed by atoms with E-state index in [0.717, 1.165) is 23.7 Å². The summed E-state index contributed by atoms with van der Waals surface area (Å²) in [6.45, 7) is 27.1. The van der Waals surface area contributed by atoms with E-state index in [4.69, 9.17) is 0 Å². The molecule has 0 amide bonds. The average molecular weight is 1530 g/mol. The second-order valence-electron chi connectivity index (χ2n) is 36.0. The van der Waals surface area contributed by atoms with Crippen molar-refractivity contribution in [1.29, 1.82) is 0 Å². The third-order valence-electron chi connectivity index (χ3n) is 28.9. The van der Waals surface area contributed by atoms with Crippen molar-refractivity contribution in [3.63, 3.8) is 0 Å². The number of para-hydroxylation sites is 5. The molecule has 114 heavy (non-hydrogen) atoms. The van der Waals surface area contributed by atoms with E-state index in [2.05, 4.69) is 316 Å². The first kappa shape index (κ1) is 81.9. The molecule has 0 spiro atoms. The fourth-order valence-electron chi connectivity index (χ4n) is 22.7. The fourth-order valence-corrected chi connectivity index (χ4v) is 22.7. The molecular weight excluding hydrogens is 1390 g/mol. The maximum atomic E-state index is 2.62. The van der Waals surface area contributed by atoms with Crippen molar-refractivity contribution in [2.75, 3.05) is 0 Å². The van der Waals surface area contributed by atoms with Gasteiger partial charge in [0.1, 0.15) is 74.0 Å². The molecule has 0 aliphatic heterocycles. The zero-order valence-corrected chi connectivity index (χ0v) is 73.5. The van der Waals surface area contributed by atoms with E-state index in [-0.39, 0.29) is 0 Å². The zero-order chi connectivity index (χ0) is 80.0. The van der Waals surface area contributed by atoms with E-state index >= 15 is 0 Å². The summed E-state index contributed by atoms with van der Waals surface area (Å²) in [6, 6.07) is 54.9. The van der Waals surface area contributed by atoms with Gasteiger partial charge in [0.05, 0.1) is 64.8 Å². The van der Waals surface area contributed by atoms with Gasteiger partial charge in [-0.3, -0.25) is 0 Å². The minimum Gasteiger partial charge on any atom is -0.234 e. The normalized spacial score (nSPS) is 17.3. The first-order chi connectivity index (χ1) is 55.3. The fraction of sp³-hybridized carbons (Fsp3) is 0.510. The van der Waals surface area contributed by atoms with Crippen LogP contribution in [-0.4, -0.2) is 22.8 Å². The van der Waals surface area contributed by atoms with Crippen molar-refractivity contribution >= 4 is 0 Å². The number of benzene rings is 6. The Morgan fingerprint density at radius 2 is 0.421 bits per heavy atom. The SMILES string of the molecule is Cc1ccccc1-n1c(C)c(-c2ccccc2)[n+](C)c1C1CCCC1.Cc1ccccc1-n1c(C)c(C)[n+](C)c1C1CCCC1.Cc1ccccc1-n1c(C)c(C)[n+](C)c1C1CCCC1.Cc1ccccc1-n1c(C)c(C2CCCC2)[n+](C)c1C1CCCC1.Cc1ccccc1-n1c(C)c(C2CCCCC2)[n+](C)c1C1CCCC1. The maximum Gasteiger partial charge on any atom is 0.265 e. The standard InChI is InChI=1S/C23H33N2.C23H27N2.C22H31N2.2C18H25N2/c2*1-17-11-7-10-16-21(17)25-18(2)22(19-12-5-4-6-13-19)24(3)23(25)20-14-8-9-15-20;1-16-10-4-9-15-20(16)24-17(2)21(18-11-5-6-12-18)23(3)22(24)19-13-7-8-14-19;2*1-13-9-5-8-12-17(13)20-15(3)14(2)19(4)18(20)16-10-6-7-11-16/h7,10-11,16,19-20H,4-6,8-9,12-15H2,1-3H3;4-7,10-13,16,20H,8-9,14-15H2,1-3H3;4,9-10,15,18-19H,5-8,11-14H2,1-3H3;2*5,8-9,12,16H,6-7,10-11H2,1-4H3/q5*+1. The summed E-state index contributed by atoms with van der Waals surface area (Å²) in [6.07, 6.45) is 39.7. The number of nitrogens with zero attached hydrogens (tertiary/aromatic N) is 10. The Balaban J connectivity index is 0.000000118. The van der Waals surface area contributed by atoms with E-state index in [0.29, 0.717) is 17.8 Å². The van der Waals surface area contributed by atoms with Crippen LogP contribution in [0.3, 0.4) is 0 Å². The lowest BCUT2D eigenvalue weighted by molar-refractivity contribution is -0.688. The summed E-state index contributed by atoms with van der Waals surface area (Å²) in [5.41, 5.74) is 29.3. The van der Waals surface area contributed by atoms with Gasteiger partial charge in [0.25, 0.3) is 29.1 Å². The van der Waals surface area contributed by atoms with Gasteiger partial charge in [-0.05, 0) is 183 Å². The maximum absolute atomic E-state index is 2.62. The van der Waals surface area contributed by atoms with Crippen LogP contribution in [0.5, 0.6) is 0 Å². The third-order valence-corrected chi connectivity index (χ3v) is 28.9. The molecule has 11 aromatic rings. The van der Waals surface area contributed by atoms with Gasteiger partial charge in [-0.25, -0.2) is 22.8 Å². The number of rotatable bonds is 13. The van der Waals surface area contributed by atoms with Crippen LogP contribution in [0.2, 0.25) is 0 Å². The number of imidazole rings is 5. The van der Waals surface area contributed by atoms with Crippen molar-refractivity contribution in [2.24, 2.45) is 35.2 Å². The van der Waals surface area contributed by atoms with E-state index < -0.39 is 0 Å². The van der Waals surface area contributed by atoms with Gasteiger partial charge in [0.2, 0.25) is 0 Å². The van der Waals surface area contributed by atoms with E-state index in [9.17, 15) is 0 Å². The lowest BCUT2D eigenvalue weighted by Gasteiger charge is -2.20. The van der Waals surface area contributed by atoms with Crippen LogP contribution in [0.25, 0.3) is 39.7 Å². The summed E-state index contributed by atoms with van der Waals surface area (Å²) >= 11 is 0. The minimum atomic E-state index is 0.653. The molecule has 7 aliphatic rings. The first-order valence-electron chi connectivity index (χ1n) is 45.1.